The Morgan fingerprint density at radius 1 is 1.16 bits per heavy atom. The van der Waals surface area contributed by atoms with Crippen molar-refractivity contribution in [3.63, 3.8) is 0 Å². The molecule has 0 aliphatic rings. The van der Waals surface area contributed by atoms with Gasteiger partial charge >= 0.3 is 0 Å². The molecule has 3 heteroatoms. The Morgan fingerprint density at radius 3 is 2.47 bits per heavy atom. The van der Waals surface area contributed by atoms with E-state index in [-0.39, 0.29) is 5.92 Å². The summed E-state index contributed by atoms with van der Waals surface area (Å²) in [5.74, 6) is 1.11. The minimum absolute atomic E-state index is 0.261. The van der Waals surface area contributed by atoms with Crippen molar-refractivity contribution in [3.8, 4) is 11.5 Å². The molecule has 0 heterocycles. The van der Waals surface area contributed by atoms with Gasteiger partial charge < -0.3 is 4.74 Å². The van der Waals surface area contributed by atoms with Crippen LogP contribution in [0.5, 0.6) is 11.5 Å². The van der Waals surface area contributed by atoms with Crippen LogP contribution < -0.4 is 4.74 Å². The number of halogens is 1. The van der Waals surface area contributed by atoms with E-state index in [0.717, 1.165) is 5.56 Å². The van der Waals surface area contributed by atoms with Crippen LogP contribution in [0.25, 0.3) is 0 Å². The maximum atomic E-state index is 11.0. The first kappa shape index (κ1) is 13.6. The average Bonchev–Trinajstić information content (AvgIpc) is 2.44. The van der Waals surface area contributed by atoms with Crippen LogP contribution in [0, 0.1) is 0 Å². The summed E-state index contributed by atoms with van der Waals surface area (Å²) in [6, 6.07) is 14.6. The molecule has 0 N–H and O–H groups in total. The molecule has 0 aliphatic carbocycles. The molecule has 0 aromatic heterocycles. The zero-order valence-corrected chi connectivity index (χ0v) is 11.4. The quantitative estimate of drug-likeness (QED) is 0.787. The molecule has 0 fully saturated rings. The zero-order chi connectivity index (χ0) is 13.7. The van der Waals surface area contributed by atoms with E-state index in [1.807, 2.05) is 31.2 Å². The SMILES string of the molecule is CCC([C]=O)c1ccccc1Oc1ccc(Cl)cc1. The largest absolute Gasteiger partial charge is 0.457 e. The van der Waals surface area contributed by atoms with Gasteiger partial charge in [0.05, 0.1) is 5.92 Å². The Bertz CT molecular complexity index is 549. The minimum Gasteiger partial charge on any atom is -0.457 e. The second kappa shape index (κ2) is 6.39. The Hall–Kier alpha value is -1.80. The Kier molecular flexibility index (Phi) is 4.58. The smallest absolute Gasteiger partial charge is 0.206 e. The van der Waals surface area contributed by atoms with E-state index in [9.17, 15) is 4.79 Å². The second-order valence-electron chi connectivity index (χ2n) is 4.17. The molecule has 1 radical (unpaired) electrons. The molecule has 1 atom stereocenters. The van der Waals surface area contributed by atoms with Crippen molar-refractivity contribution >= 4 is 17.9 Å². The molecule has 2 aromatic rings. The predicted octanol–water partition coefficient (Wildman–Crippen LogP) is 4.74. The highest BCUT2D eigenvalue weighted by Crippen LogP contribution is 2.31. The molecule has 19 heavy (non-hydrogen) atoms. The highest BCUT2D eigenvalue weighted by Gasteiger charge is 2.14. The topological polar surface area (TPSA) is 26.3 Å². The third-order valence-electron chi connectivity index (χ3n) is 2.89. The van der Waals surface area contributed by atoms with Crippen LogP contribution in [0.15, 0.2) is 48.5 Å². The maximum Gasteiger partial charge on any atom is 0.206 e. The van der Waals surface area contributed by atoms with Crippen molar-refractivity contribution in [3.05, 3.63) is 59.1 Å². The van der Waals surface area contributed by atoms with Gasteiger partial charge in [-0.1, -0.05) is 36.7 Å². The summed E-state index contributed by atoms with van der Waals surface area (Å²) in [6.45, 7) is 1.95. The molecular weight excluding hydrogens is 260 g/mol. The summed E-state index contributed by atoms with van der Waals surface area (Å²) in [4.78, 5) is 11.0. The lowest BCUT2D eigenvalue weighted by Gasteiger charge is -2.14. The van der Waals surface area contributed by atoms with Crippen LogP contribution >= 0.6 is 11.6 Å². The molecular formula is C16H14ClO2. The molecule has 1 unspecified atom stereocenters. The Morgan fingerprint density at radius 2 is 1.84 bits per heavy atom. The van der Waals surface area contributed by atoms with Crippen LogP contribution in [0.3, 0.4) is 0 Å². The molecule has 0 spiro atoms. The van der Waals surface area contributed by atoms with E-state index in [4.69, 9.17) is 16.3 Å². The maximum absolute atomic E-state index is 11.0. The lowest BCUT2D eigenvalue weighted by molar-refractivity contribution is 0.471. The molecule has 2 aromatic carbocycles. The molecule has 0 bridgehead atoms. The average molecular weight is 274 g/mol. The summed E-state index contributed by atoms with van der Waals surface area (Å²) in [5.41, 5.74) is 0.856. The normalized spacial score (nSPS) is 11.9. The van der Waals surface area contributed by atoms with E-state index < -0.39 is 0 Å². The number of hydrogen-bond acceptors (Lipinski definition) is 2. The highest BCUT2D eigenvalue weighted by atomic mass is 35.5. The summed E-state index contributed by atoms with van der Waals surface area (Å²) >= 11 is 5.83. The van der Waals surface area contributed by atoms with Gasteiger partial charge in [-0.25, -0.2) is 0 Å². The molecule has 0 aliphatic heterocycles. The first-order chi connectivity index (χ1) is 9.24. The zero-order valence-electron chi connectivity index (χ0n) is 10.6. The number of ether oxygens (including phenoxy) is 1. The van der Waals surface area contributed by atoms with Crippen LogP contribution in [0.2, 0.25) is 5.02 Å². The fourth-order valence-corrected chi connectivity index (χ4v) is 1.98. The van der Waals surface area contributed by atoms with Gasteiger partial charge in [0.2, 0.25) is 6.29 Å². The molecule has 2 rings (SSSR count). The minimum atomic E-state index is -0.261. The molecule has 0 saturated carbocycles. The third-order valence-corrected chi connectivity index (χ3v) is 3.14. The molecule has 97 valence electrons. The first-order valence-electron chi connectivity index (χ1n) is 6.14. The molecule has 0 amide bonds. The highest BCUT2D eigenvalue weighted by molar-refractivity contribution is 6.30. The second-order valence-corrected chi connectivity index (χ2v) is 4.61. The number of hydrogen-bond donors (Lipinski definition) is 0. The van der Waals surface area contributed by atoms with Crippen molar-refractivity contribution < 1.29 is 9.53 Å². The number of benzene rings is 2. The number of rotatable bonds is 5. The van der Waals surface area contributed by atoms with Gasteiger partial charge in [0.25, 0.3) is 0 Å². The Balaban J connectivity index is 2.29. The summed E-state index contributed by atoms with van der Waals surface area (Å²) in [5, 5.41) is 0.660. The lowest BCUT2D eigenvalue weighted by Crippen LogP contribution is -2.01. The summed E-state index contributed by atoms with van der Waals surface area (Å²) in [7, 11) is 0. The van der Waals surface area contributed by atoms with Crippen molar-refractivity contribution in [2.75, 3.05) is 0 Å². The van der Waals surface area contributed by atoms with Crippen LogP contribution in [0.1, 0.15) is 24.8 Å². The lowest BCUT2D eigenvalue weighted by atomic mass is 9.97. The molecule has 2 nitrogen and oxygen atoms in total. The standard InChI is InChI=1S/C16H14ClO2/c1-2-12(11-18)15-5-3-4-6-16(15)19-14-9-7-13(17)8-10-14/h3-10,12H,2H2,1H3. The fourth-order valence-electron chi connectivity index (χ4n) is 1.86. The van der Waals surface area contributed by atoms with Crippen molar-refractivity contribution in [1.82, 2.24) is 0 Å². The summed E-state index contributed by atoms with van der Waals surface area (Å²) in [6.07, 6.45) is 2.75. The third kappa shape index (κ3) is 3.36. The molecule has 0 saturated heterocycles. The van der Waals surface area contributed by atoms with Crippen molar-refractivity contribution in [1.29, 1.82) is 0 Å². The number of carbonyl (C=O) groups excluding carboxylic acids is 1. The van der Waals surface area contributed by atoms with Crippen molar-refractivity contribution in [2.45, 2.75) is 19.3 Å². The van der Waals surface area contributed by atoms with E-state index >= 15 is 0 Å². The first-order valence-corrected chi connectivity index (χ1v) is 6.52. The van der Waals surface area contributed by atoms with E-state index in [1.165, 1.54) is 0 Å². The van der Waals surface area contributed by atoms with Crippen LogP contribution in [0.4, 0.5) is 0 Å². The van der Waals surface area contributed by atoms with Crippen LogP contribution in [-0.2, 0) is 4.79 Å². The van der Waals surface area contributed by atoms with Crippen LogP contribution in [-0.4, -0.2) is 6.29 Å². The van der Waals surface area contributed by atoms with E-state index in [2.05, 4.69) is 6.29 Å². The monoisotopic (exact) mass is 273 g/mol. The summed E-state index contributed by atoms with van der Waals surface area (Å²) < 4.78 is 5.81. The van der Waals surface area contributed by atoms with Gasteiger partial charge in [-0.2, -0.15) is 0 Å². The van der Waals surface area contributed by atoms with E-state index in [1.54, 1.807) is 24.3 Å². The van der Waals surface area contributed by atoms with Gasteiger partial charge in [-0.15, -0.1) is 0 Å². The van der Waals surface area contributed by atoms with E-state index in [0.29, 0.717) is 22.9 Å². The van der Waals surface area contributed by atoms with Gasteiger partial charge in [0, 0.05) is 10.6 Å². The van der Waals surface area contributed by atoms with Gasteiger partial charge in [-0.3, -0.25) is 4.79 Å². The number of para-hydroxylation sites is 1. The fraction of sp³-hybridized carbons (Fsp3) is 0.188. The van der Waals surface area contributed by atoms with Crippen molar-refractivity contribution in [2.24, 2.45) is 0 Å². The van der Waals surface area contributed by atoms with Gasteiger partial charge in [0.1, 0.15) is 11.5 Å². The van der Waals surface area contributed by atoms with Gasteiger partial charge in [-0.05, 0) is 36.8 Å². The predicted molar refractivity (Wildman–Crippen MR) is 76.7 cm³/mol. The van der Waals surface area contributed by atoms with Gasteiger partial charge in [0.15, 0.2) is 0 Å². The Labute approximate surface area is 118 Å².